The molecular weight excluding hydrogens is 234 g/mol. The number of hydrogen-bond donors (Lipinski definition) is 2. The Morgan fingerprint density at radius 1 is 0.833 bits per heavy atom. The van der Waals surface area contributed by atoms with Crippen molar-refractivity contribution in [2.24, 2.45) is 0 Å². The van der Waals surface area contributed by atoms with Crippen LogP contribution in [-0.4, -0.2) is 27.1 Å². The lowest BCUT2D eigenvalue weighted by Crippen LogP contribution is -1.99. The molecule has 18 heavy (non-hydrogen) atoms. The molecule has 0 bridgehead atoms. The van der Waals surface area contributed by atoms with Crippen LogP contribution in [0.3, 0.4) is 0 Å². The summed E-state index contributed by atoms with van der Waals surface area (Å²) in [7, 11) is 0. The lowest BCUT2D eigenvalue weighted by atomic mass is 10.1. The summed E-state index contributed by atoms with van der Waals surface area (Å²) in [6.07, 6.45) is 1.44. The first kappa shape index (κ1) is 11.8. The summed E-state index contributed by atoms with van der Waals surface area (Å²) in [6, 6.07) is 9.32. The first-order chi connectivity index (χ1) is 8.58. The third-order valence-corrected chi connectivity index (χ3v) is 2.45. The van der Waals surface area contributed by atoms with E-state index in [9.17, 15) is 9.59 Å². The van der Waals surface area contributed by atoms with Crippen molar-refractivity contribution in [1.29, 1.82) is 0 Å². The van der Waals surface area contributed by atoms with Crippen LogP contribution in [0, 0.1) is 0 Å². The highest BCUT2D eigenvalue weighted by atomic mass is 16.4. The predicted molar refractivity (Wildman–Crippen MR) is 63.6 cm³/mol. The lowest BCUT2D eigenvalue weighted by Gasteiger charge is -2.02. The van der Waals surface area contributed by atoms with E-state index in [4.69, 9.17) is 10.2 Å². The minimum absolute atomic E-state index is 0.0269. The maximum atomic E-state index is 10.7. The van der Waals surface area contributed by atoms with Crippen LogP contribution >= 0.6 is 0 Å². The minimum Gasteiger partial charge on any atom is -0.478 e. The average Bonchev–Trinajstić information content (AvgIpc) is 2.39. The van der Waals surface area contributed by atoms with E-state index in [0.29, 0.717) is 0 Å². The number of nitrogens with zero attached hydrogens (tertiary/aromatic N) is 1. The van der Waals surface area contributed by atoms with Gasteiger partial charge in [0.1, 0.15) is 5.69 Å². The zero-order chi connectivity index (χ0) is 13.1. The van der Waals surface area contributed by atoms with Crippen molar-refractivity contribution in [3.05, 3.63) is 53.9 Å². The Morgan fingerprint density at radius 2 is 1.44 bits per heavy atom. The first-order valence-corrected chi connectivity index (χ1v) is 5.11. The van der Waals surface area contributed by atoms with E-state index in [1.807, 2.05) is 0 Å². The molecule has 1 heterocycles. The van der Waals surface area contributed by atoms with Crippen LogP contribution in [0.25, 0.3) is 11.1 Å². The van der Waals surface area contributed by atoms with E-state index >= 15 is 0 Å². The number of pyridine rings is 1. The van der Waals surface area contributed by atoms with E-state index in [0.717, 1.165) is 11.1 Å². The highest BCUT2D eigenvalue weighted by Crippen LogP contribution is 2.19. The van der Waals surface area contributed by atoms with Gasteiger partial charge in [-0.15, -0.1) is 0 Å². The standard InChI is InChI=1S/C13H9NO4/c15-12(16)9-3-1-8(2-4-9)10-5-6-11(13(17)18)14-7-10/h1-7H,(H,15,16)(H,17,18). The zero-order valence-corrected chi connectivity index (χ0v) is 9.20. The molecule has 0 unspecified atom stereocenters. The number of carboxylic acid groups (broad SMARTS) is 2. The highest BCUT2D eigenvalue weighted by Gasteiger charge is 2.06. The molecule has 0 aliphatic heterocycles. The Balaban J connectivity index is 2.31. The molecule has 0 atom stereocenters. The summed E-state index contributed by atoms with van der Waals surface area (Å²) in [5, 5.41) is 17.5. The van der Waals surface area contributed by atoms with Crippen molar-refractivity contribution in [1.82, 2.24) is 4.98 Å². The van der Waals surface area contributed by atoms with Crippen LogP contribution in [-0.2, 0) is 0 Å². The molecular formula is C13H9NO4. The quantitative estimate of drug-likeness (QED) is 0.862. The Bertz CT molecular complexity index is 532. The summed E-state index contributed by atoms with van der Waals surface area (Å²) < 4.78 is 0. The summed E-state index contributed by atoms with van der Waals surface area (Å²) >= 11 is 0. The number of hydrogen-bond acceptors (Lipinski definition) is 3. The molecule has 1 aromatic carbocycles. The normalized spacial score (nSPS) is 10.0. The molecule has 90 valence electrons. The van der Waals surface area contributed by atoms with Gasteiger partial charge in [0.2, 0.25) is 0 Å². The monoisotopic (exact) mass is 243 g/mol. The smallest absolute Gasteiger partial charge is 0.354 e. The van der Waals surface area contributed by atoms with Gasteiger partial charge in [-0.1, -0.05) is 18.2 Å². The van der Waals surface area contributed by atoms with Crippen molar-refractivity contribution in [2.45, 2.75) is 0 Å². The fourth-order valence-electron chi connectivity index (χ4n) is 1.50. The zero-order valence-electron chi connectivity index (χ0n) is 9.20. The fourth-order valence-corrected chi connectivity index (χ4v) is 1.50. The van der Waals surface area contributed by atoms with Gasteiger partial charge in [-0.3, -0.25) is 0 Å². The predicted octanol–water partition coefficient (Wildman–Crippen LogP) is 2.15. The lowest BCUT2D eigenvalue weighted by molar-refractivity contribution is 0.0682. The third kappa shape index (κ3) is 2.35. The Kier molecular flexibility index (Phi) is 3.05. The Labute approximate surface area is 102 Å². The van der Waals surface area contributed by atoms with Crippen LogP contribution < -0.4 is 0 Å². The minimum atomic E-state index is -1.08. The first-order valence-electron chi connectivity index (χ1n) is 5.11. The summed E-state index contributed by atoms with van der Waals surface area (Å²) in [6.45, 7) is 0. The molecule has 0 saturated carbocycles. The van der Waals surface area contributed by atoms with Gasteiger partial charge in [0.05, 0.1) is 5.56 Å². The second-order valence-corrected chi connectivity index (χ2v) is 3.62. The molecule has 0 aliphatic rings. The number of aromatic carboxylic acids is 2. The summed E-state index contributed by atoms with van der Waals surface area (Å²) in [4.78, 5) is 25.1. The number of carbonyl (C=O) groups is 2. The van der Waals surface area contributed by atoms with Gasteiger partial charge in [0.15, 0.2) is 0 Å². The molecule has 0 saturated heterocycles. The van der Waals surface area contributed by atoms with E-state index in [-0.39, 0.29) is 11.3 Å². The topological polar surface area (TPSA) is 87.5 Å². The largest absolute Gasteiger partial charge is 0.478 e. The van der Waals surface area contributed by atoms with E-state index in [1.54, 1.807) is 18.2 Å². The molecule has 0 amide bonds. The van der Waals surface area contributed by atoms with Crippen molar-refractivity contribution in [2.75, 3.05) is 0 Å². The molecule has 2 rings (SSSR count). The number of aromatic nitrogens is 1. The summed E-state index contributed by atoms with van der Waals surface area (Å²) in [5.74, 6) is -2.07. The van der Waals surface area contributed by atoms with Crippen LogP contribution in [0.4, 0.5) is 0 Å². The van der Waals surface area contributed by atoms with Gasteiger partial charge in [0.25, 0.3) is 0 Å². The van der Waals surface area contributed by atoms with E-state index in [1.165, 1.54) is 24.4 Å². The number of benzene rings is 1. The van der Waals surface area contributed by atoms with Crippen molar-refractivity contribution in [3.8, 4) is 11.1 Å². The Morgan fingerprint density at radius 3 is 1.89 bits per heavy atom. The molecule has 5 heteroatoms. The van der Waals surface area contributed by atoms with Gasteiger partial charge >= 0.3 is 11.9 Å². The van der Waals surface area contributed by atoms with Gasteiger partial charge in [-0.25, -0.2) is 14.6 Å². The molecule has 2 aromatic rings. The maximum Gasteiger partial charge on any atom is 0.354 e. The molecule has 0 spiro atoms. The van der Waals surface area contributed by atoms with E-state index in [2.05, 4.69) is 4.98 Å². The van der Waals surface area contributed by atoms with Crippen LogP contribution in [0.2, 0.25) is 0 Å². The number of carboxylic acids is 2. The molecule has 2 N–H and O–H groups in total. The van der Waals surface area contributed by atoms with E-state index < -0.39 is 11.9 Å². The molecule has 1 aromatic heterocycles. The summed E-state index contributed by atoms with van der Waals surface area (Å²) in [5.41, 5.74) is 1.69. The third-order valence-electron chi connectivity index (χ3n) is 2.45. The van der Waals surface area contributed by atoms with Crippen LogP contribution in [0.15, 0.2) is 42.6 Å². The van der Waals surface area contributed by atoms with Crippen molar-refractivity contribution < 1.29 is 19.8 Å². The van der Waals surface area contributed by atoms with Crippen molar-refractivity contribution >= 4 is 11.9 Å². The van der Waals surface area contributed by atoms with Crippen molar-refractivity contribution in [3.63, 3.8) is 0 Å². The molecule has 0 fully saturated rings. The van der Waals surface area contributed by atoms with Gasteiger partial charge in [-0.2, -0.15) is 0 Å². The molecule has 0 aliphatic carbocycles. The van der Waals surface area contributed by atoms with Crippen LogP contribution in [0.1, 0.15) is 20.8 Å². The number of rotatable bonds is 3. The Hall–Kier alpha value is -2.69. The SMILES string of the molecule is O=C(O)c1ccc(-c2ccc(C(=O)O)nc2)cc1. The second-order valence-electron chi connectivity index (χ2n) is 3.62. The van der Waals surface area contributed by atoms with Crippen LogP contribution in [0.5, 0.6) is 0 Å². The molecule has 0 radical (unpaired) electrons. The maximum absolute atomic E-state index is 10.7. The fraction of sp³-hybridized carbons (Fsp3) is 0. The average molecular weight is 243 g/mol. The second kappa shape index (κ2) is 4.67. The van der Waals surface area contributed by atoms with Gasteiger partial charge in [-0.05, 0) is 23.8 Å². The molecule has 5 nitrogen and oxygen atoms in total. The highest BCUT2D eigenvalue weighted by molar-refractivity contribution is 5.88. The van der Waals surface area contributed by atoms with Gasteiger partial charge in [0, 0.05) is 11.8 Å². The van der Waals surface area contributed by atoms with Gasteiger partial charge < -0.3 is 10.2 Å².